The van der Waals surface area contributed by atoms with Crippen LogP contribution in [-0.2, 0) is 11.3 Å². The number of carbonyl (C=O) groups excluding carboxylic acids is 1. The fourth-order valence-corrected chi connectivity index (χ4v) is 2.80. The quantitative estimate of drug-likeness (QED) is 0.819. The van der Waals surface area contributed by atoms with Crippen molar-refractivity contribution in [1.82, 2.24) is 20.3 Å². The van der Waals surface area contributed by atoms with Gasteiger partial charge < -0.3 is 11.1 Å². The van der Waals surface area contributed by atoms with E-state index in [-0.39, 0.29) is 24.5 Å². The van der Waals surface area contributed by atoms with Crippen LogP contribution >= 0.6 is 11.3 Å². The van der Waals surface area contributed by atoms with Crippen LogP contribution < -0.4 is 11.1 Å². The Hall–Kier alpha value is -1.73. The van der Waals surface area contributed by atoms with Crippen LogP contribution in [0.5, 0.6) is 0 Å². The minimum atomic E-state index is -0.114. The van der Waals surface area contributed by atoms with Crippen LogP contribution in [0.4, 0.5) is 0 Å². The lowest BCUT2D eigenvalue weighted by Crippen LogP contribution is -2.29. The fourth-order valence-electron chi connectivity index (χ4n) is 2.06. The van der Waals surface area contributed by atoms with Crippen molar-refractivity contribution in [1.29, 1.82) is 0 Å². The number of hydrogen-bond donors (Lipinski definition) is 2. The molecule has 2 aromatic rings. The van der Waals surface area contributed by atoms with Crippen LogP contribution in [0.3, 0.4) is 0 Å². The maximum atomic E-state index is 12.0. The van der Waals surface area contributed by atoms with Gasteiger partial charge in [-0.15, -0.1) is 16.4 Å². The van der Waals surface area contributed by atoms with Crippen molar-refractivity contribution in [3.63, 3.8) is 0 Å². The van der Waals surface area contributed by atoms with Gasteiger partial charge in [0.1, 0.15) is 6.54 Å². The summed E-state index contributed by atoms with van der Waals surface area (Å²) < 4.78 is 1.53. The van der Waals surface area contributed by atoms with E-state index in [9.17, 15) is 4.79 Å². The van der Waals surface area contributed by atoms with Gasteiger partial charge in [-0.2, -0.15) is 0 Å². The highest BCUT2D eigenvalue weighted by molar-refractivity contribution is 7.10. The number of nitrogens with zero attached hydrogens (tertiary/aromatic N) is 3. The molecule has 0 saturated carbocycles. The largest absolute Gasteiger partial charge is 0.347 e. The fraction of sp³-hybridized carbons (Fsp3) is 0.500. The molecular weight excluding hydrogens is 286 g/mol. The Morgan fingerprint density at radius 2 is 2.38 bits per heavy atom. The average Bonchev–Trinajstić information content (AvgIpc) is 3.09. The summed E-state index contributed by atoms with van der Waals surface area (Å²) in [6.07, 6.45) is 3.60. The first kappa shape index (κ1) is 15.7. The van der Waals surface area contributed by atoms with Crippen molar-refractivity contribution in [3.05, 3.63) is 34.3 Å². The predicted octanol–water partition coefficient (Wildman–Crippen LogP) is 2.02. The third kappa shape index (κ3) is 4.37. The summed E-state index contributed by atoms with van der Waals surface area (Å²) in [5.41, 5.74) is 6.71. The summed E-state index contributed by atoms with van der Waals surface area (Å²) >= 11 is 1.63. The van der Waals surface area contributed by atoms with Gasteiger partial charge in [-0.05, 0) is 24.8 Å². The zero-order valence-corrected chi connectivity index (χ0v) is 13.1. The molecule has 0 aromatic carbocycles. The monoisotopic (exact) mass is 307 g/mol. The Morgan fingerprint density at radius 1 is 1.57 bits per heavy atom. The highest BCUT2D eigenvalue weighted by Gasteiger charge is 2.13. The Bertz CT molecular complexity index is 566. The third-order valence-electron chi connectivity index (χ3n) is 3.19. The molecule has 0 radical (unpaired) electrons. The van der Waals surface area contributed by atoms with E-state index >= 15 is 0 Å². The molecule has 3 N–H and O–H groups in total. The van der Waals surface area contributed by atoms with Crippen molar-refractivity contribution in [2.75, 3.05) is 0 Å². The SMILES string of the molecule is CCCC(N)c1cn(CC(=O)NC(C)c2cccs2)nn1. The Kier molecular flexibility index (Phi) is 5.46. The Balaban J connectivity index is 1.88. The summed E-state index contributed by atoms with van der Waals surface area (Å²) in [6.45, 7) is 4.19. The summed E-state index contributed by atoms with van der Waals surface area (Å²) in [5, 5.41) is 12.9. The molecule has 2 unspecified atom stereocenters. The van der Waals surface area contributed by atoms with Gasteiger partial charge in [0.2, 0.25) is 5.91 Å². The van der Waals surface area contributed by atoms with E-state index in [1.165, 1.54) is 4.68 Å². The highest BCUT2D eigenvalue weighted by Crippen LogP contribution is 2.18. The van der Waals surface area contributed by atoms with Gasteiger partial charge in [0.15, 0.2) is 0 Å². The molecule has 2 atom stereocenters. The zero-order valence-electron chi connectivity index (χ0n) is 12.3. The van der Waals surface area contributed by atoms with Crippen LogP contribution in [0.2, 0.25) is 0 Å². The number of amides is 1. The highest BCUT2D eigenvalue weighted by atomic mass is 32.1. The van der Waals surface area contributed by atoms with Crippen molar-refractivity contribution < 1.29 is 4.79 Å². The van der Waals surface area contributed by atoms with Crippen molar-refractivity contribution in [2.24, 2.45) is 5.73 Å². The molecule has 0 aliphatic rings. The van der Waals surface area contributed by atoms with Crippen LogP contribution in [-0.4, -0.2) is 20.9 Å². The lowest BCUT2D eigenvalue weighted by molar-refractivity contribution is -0.122. The zero-order chi connectivity index (χ0) is 15.2. The van der Waals surface area contributed by atoms with Gasteiger partial charge in [-0.3, -0.25) is 4.79 Å². The number of aromatic nitrogens is 3. The Morgan fingerprint density at radius 3 is 3.05 bits per heavy atom. The van der Waals surface area contributed by atoms with Crippen molar-refractivity contribution in [2.45, 2.75) is 45.3 Å². The normalized spacial score (nSPS) is 13.9. The molecular formula is C14H21N5OS. The van der Waals surface area contributed by atoms with E-state index in [0.29, 0.717) is 0 Å². The summed E-state index contributed by atoms with van der Waals surface area (Å²) in [4.78, 5) is 13.1. The van der Waals surface area contributed by atoms with Gasteiger partial charge in [-0.1, -0.05) is 24.6 Å². The molecule has 0 bridgehead atoms. The van der Waals surface area contributed by atoms with E-state index in [1.54, 1.807) is 17.5 Å². The molecule has 7 heteroatoms. The van der Waals surface area contributed by atoms with E-state index in [0.717, 1.165) is 23.4 Å². The van der Waals surface area contributed by atoms with Gasteiger partial charge in [0, 0.05) is 4.88 Å². The lowest BCUT2D eigenvalue weighted by Gasteiger charge is -2.11. The minimum absolute atomic E-state index is 0.00263. The number of thiophene rings is 1. The molecule has 0 aliphatic heterocycles. The second kappa shape index (κ2) is 7.33. The van der Waals surface area contributed by atoms with Crippen LogP contribution in [0.25, 0.3) is 0 Å². The molecule has 0 aliphatic carbocycles. The van der Waals surface area contributed by atoms with Gasteiger partial charge >= 0.3 is 0 Å². The molecule has 6 nitrogen and oxygen atoms in total. The molecule has 114 valence electrons. The predicted molar refractivity (Wildman–Crippen MR) is 82.7 cm³/mol. The van der Waals surface area contributed by atoms with Crippen LogP contribution in [0.15, 0.2) is 23.7 Å². The topological polar surface area (TPSA) is 85.8 Å². The van der Waals surface area contributed by atoms with E-state index in [2.05, 4.69) is 22.6 Å². The number of nitrogens with one attached hydrogen (secondary N) is 1. The smallest absolute Gasteiger partial charge is 0.242 e. The van der Waals surface area contributed by atoms with Gasteiger partial charge in [0.05, 0.1) is 24.0 Å². The maximum Gasteiger partial charge on any atom is 0.242 e. The molecule has 2 rings (SSSR count). The second-order valence-electron chi connectivity index (χ2n) is 5.04. The summed E-state index contributed by atoms with van der Waals surface area (Å²) in [6, 6.07) is 3.87. The second-order valence-corrected chi connectivity index (χ2v) is 6.02. The lowest BCUT2D eigenvalue weighted by atomic mass is 10.1. The van der Waals surface area contributed by atoms with Crippen LogP contribution in [0, 0.1) is 0 Å². The van der Waals surface area contributed by atoms with Gasteiger partial charge in [-0.25, -0.2) is 4.68 Å². The van der Waals surface area contributed by atoms with E-state index < -0.39 is 0 Å². The first-order chi connectivity index (χ1) is 10.1. The molecule has 21 heavy (non-hydrogen) atoms. The Labute approximate surface area is 128 Å². The van der Waals surface area contributed by atoms with Gasteiger partial charge in [0.25, 0.3) is 0 Å². The standard InChI is InChI=1S/C14H21N5OS/c1-3-5-11(15)12-8-19(18-17-12)9-14(20)16-10(2)13-6-4-7-21-13/h4,6-8,10-11H,3,5,9,15H2,1-2H3,(H,16,20). The molecule has 2 heterocycles. The molecule has 2 aromatic heterocycles. The summed E-state index contributed by atoms with van der Waals surface area (Å²) in [5.74, 6) is -0.0867. The number of carbonyl (C=O) groups is 1. The van der Waals surface area contributed by atoms with Crippen molar-refractivity contribution >= 4 is 17.2 Å². The first-order valence-electron chi connectivity index (χ1n) is 7.08. The molecule has 1 amide bonds. The first-order valence-corrected chi connectivity index (χ1v) is 7.96. The van der Waals surface area contributed by atoms with E-state index in [1.807, 2.05) is 24.4 Å². The number of nitrogens with two attached hydrogens (primary N) is 1. The van der Waals surface area contributed by atoms with Crippen LogP contribution in [0.1, 0.15) is 49.3 Å². The number of rotatable bonds is 7. The molecule has 0 saturated heterocycles. The molecule has 0 fully saturated rings. The van der Waals surface area contributed by atoms with Crippen molar-refractivity contribution in [3.8, 4) is 0 Å². The minimum Gasteiger partial charge on any atom is -0.347 e. The average molecular weight is 307 g/mol. The van der Waals surface area contributed by atoms with E-state index in [4.69, 9.17) is 5.73 Å². The summed E-state index contributed by atoms with van der Waals surface area (Å²) in [7, 11) is 0. The molecule has 0 spiro atoms. The maximum absolute atomic E-state index is 12.0. The number of hydrogen-bond acceptors (Lipinski definition) is 5. The third-order valence-corrected chi connectivity index (χ3v) is 4.24.